The van der Waals surface area contributed by atoms with E-state index in [1.807, 2.05) is 6.92 Å². The lowest BCUT2D eigenvalue weighted by Crippen LogP contribution is -2.12. The summed E-state index contributed by atoms with van der Waals surface area (Å²) in [7, 11) is 0. The van der Waals surface area contributed by atoms with Crippen molar-refractivity contribution in [3.8, 4) is 0 Å². The van der Waals surface area contributed by atoms with Gasteiger partial charge in [-0.25, -0.2) is 0 Å². The summed E-state index contributed by atoms with van der Waals surface area (Å²) in [5.41, 5.74) is 6.12. The van der Waals surface area contributed by atoms with Crippen LogP contribution in [0.3, 0.4) is 0 Å². The van der Waals surface area contributed by atoms with Gasteiger partial charge in [0.15, 0.2) is 0 Å². The fourth-order valence-electron chi connectivity index (χ4n) is 0.455. The lowest BCUT2D eigenvalue weighted by Gasteiger charge is -1.94. The van der Waals surface area contributed by atoms with Gasteiger partial charge in [0, 0.05) is 6.42 Å². The molecule has 0 saturated heterocycles. The van der Waals surface area contributed by atoms with Crippen LogP contribution in [-0.2, 0) is 4.79 Å². The van der Waals surface area contributed by atoms with Crippen LogP contribution in [0.2, 0.25) is 0 Å². The zero-order valence-electron chi connectivity index (χ0n) is 5.81. The highest BCUT2D eigenvalue weighted by molar-refractivity contribution is 5.80. The zero-order chi connectivity index (χ0) is 7.28. The van der Waals surface area contributed by atoms with Crippen LogP contribution in [0.1, 0.15) is 19.8 Å². The Balaban J connectivity index is 3.28. The molecule has 0 rings (SSSR count). The third-order valence-corrected chi connectivity index (χ3v) is 1.06. The molecule has 0 saturated carbocycles. The summed E-state index contributed by atoms with van der Waals surface area (Å²) >= 11 is 0. The average Bonchev–Trinajstić information content (AvgIpc) is 1.83. The molecule has 0 spiro atoms. The number of allylic oxidation sites excluding steroid dienone is 1. The molecule has 0 aromatic carbocycles. The normalized spacial score (nSPS) is 9.11. The second-order valence-corrected chi connectivity index (χ2v) is 2.20. The molecule has 9 heavy (non-hydrogen) atoms. The van der Waals surface area contributed by atoms with Crippen LogP contribution >= 0.6 is 0 Å². The van der Waals surface area contributed by atoms with Crippen molar-refractivity contribution in [2.75, 3.05) is 6.54 Å². The fourth-order valence-corrected chi connectivity index (χ4v) is 0.455. The Morgan fingerprint density at radius 3 is 2.44 bits per heavy atom. The van der Waals surface area contributed by atoms with Gasteiger partial charge in [-0.3, -0.25) is 4.79 Å². The minimum atomic E-state index is 0.109. The van der Waals surface area contributed by atoms with Crippen molar-refractivity contribution in [1.82, 2.24) is 0 Å². The SMILES string of the molecule is C=C(C)CCC(=O)CN. The van der Waals surface area contributed by atoms with E-state index in [0.29, 0.717) is 6.42 Å². The molecule has 2 heteroatoms. The Labute approximate surface area is 55.7 Å². The molecular formula is C7H13NO. The molecule has 52 valence electrons. The largest absolute Gasteiger partial charge is 0.324 e. The number of ketones is 1. The van der Waals surface area contributed by atoms with E-state index in [4.69, 9.17) is 5.73 Å². The highest BCUT2D eigenvalue weighted by atomic mass is 16.1. The highest BCUT2D eigenvalue weighted by Crippen LogP contribution is 1.99. The summed E-state index contributed by atoms with van der Waals surface area (Å²) in [4.78, 5) is 10.6. The van der Waals surface area contributed by atoms with E-state index in [-0.39, 0.29) is 12.3 Å². The van der Waals surface area contributed by atoms with Crippen molar-refractivity contribution in [1.29, 1.82) is 0 Å². The molecular weight excluding hydrogens is 114 g/mol. The quantitative estimate of drug-likeness (QED) is 0.569. The van der Waals surface area contributed by atoms with Gasteiger partial charge < -0.3 is 5.73 Å². The maximum Gasteiger partial charge on any atom is 0.146 e. The van der Waals surface area contributed by atoms with E-state index in [9.17, 15) is 4.79 Å². The van der Waals surface area contributed by atoms with Gasteiger partial charge in [-0.05, 0) is 13.3 Å². The summed E-state index contributed by atoms with van der Waals surface area (Å²) in [6.45, 7) is 5.73. The average molecular weight is 127 g/mol. The third-order valence-electron chi connectivity index (χ3n) is 1.06. The Hall–Kier alpha value is -0.630. The van der Waals surface area contributed by atoms with Crippen LogP contribution in [0.5, 0.6) is 0 Å². The smallest absolute Gasteiger partial charge is 0.146 e. The van der Waals surface area contributed by atoms with E-state index in [1.165, 1.54) is 0 Å². The molecule has 0 aromatic heterocycles. The Kier molecular flexibility index (Phi) is 3.97. The molecule has 0 amide bonds. The molecule has 0 fully saturated rings. The molecule has 2 N–H and O–H groups in total. The van der Waals surface area contributed by atoms with Crippen molar-refractivity contribution in [3.05, 3.63) is 12.2 Å². The molecule has 0 aliphatic heterocycles. The van der Waals surface area contributed by atoms with Gasteiger partial charge in [-0.2, -0.15) is 0 Å². The molecule has 0 bridgehead atoms. The first-order chi connectivity index (χ1) is 4.16. The van der Waals surface area contributed by atoms with Crippen LogP contribution < -0.4 is 5.73 Å². The van der Waals surface area contributed by atoms with Crippen LogP contribution in [-0.4, -0.2) is 12.3 Å². The maximum absolute atomic E-state index is 10.6. The molecule has 0 atom stereocenters. The topological polar surface area (TPSA) is 43.1 Å². The molecule has 0 aliphatic carbocycles. The van der Waals surface area contributed by atoms with Crippen molar-refractivity contribution >= 4 is 5.78 Å². The summed E-state index contributed by atoms with van der Waals surface area (Å²) in [5, 5.41) is 0. The number of hydrogen-bond donors (Lipinski definition) is 1. The van der Waals surface area contributed by atoms with Crippen LogP contribution in [0, 0.1) is 0 Å². The van der Waals surface area contributed by atoms with Crippen LogP contribution in [0.15, 0.2) is 12.2 Å². The van der Waals surface area contributed by atoms with E-state index in [1.54, 1.807) is 0 Å². The van der Waals surface area contributed by atoms with E-state index in [0.717, 1.165) is 12.0 Å². The molecule has 2 nitrogen and oxygen atoms in total. The standard InChI is InChI=1S/C7H13NO/c1-6(2)3-4-7(9)5-8/h1,3-5,8H2,2H3. The van der Waals surface area contributed by atoms with Crippen molar-refractivity contribution in [2.24, 2.45) is 5.73 Å². The first-order valence-corrected chi connectivity index (χ1v) is 3.03. The predicted molar refractivity (Wildman–Crippen MR) is 38.1 cm³/mol. The van der Waals surface area contributed by atoms with Crippen molar-refractivity contribution < 1.29 is 4.79 Å². The number of nitrogens with two attached hydrogens (primary N) is 1. The number of carbonyl (C=O) groups is 1. The lowest BCUT2D eigenvalue weighted by atomic mass is 10.1. The van der Waals surface area contributed by atoms with Gasteiger partial charge in [0.25, 0.3) is 0 Å². The second-order valence-electron chi connectivity index (χ2n) is 2.20. The number of rotatable bonds is 4. The zero-order valence-corrected chi connectivity index (χ0v) is 5.81. The van der Waals surface area contributed by atoms with E-state index >= 15 is 0 Å². The summed E-state index contributed by atoms with van der Waals surface area (Å²) in [6.07, 6.45) is 1.32. The summed E-state index contributed by atoms with van der Waals surface area (Å²) in [6, 6.07) is 0. The van der Waals surface area contributed by atoms with E-state index in [2.05, 4.69) is 6.58 Å². The Bertz CT molecular complexity index is 118. The minimum Gasteiger partial charge on any atom is -0.324 e. The minimum absolute atomic E-state index is 0.109. The lowest BCUT2D eigenvalue weighted by molar-refractivity contribution is -0.117. The third kappa shape index (κ3) is 5.24. The predicted octanol–water partition coefficient (Wildman–Crippen LogP) is 0.871. The molecule has 0 heterocycles. The Morgan fingerprint density at radius 1 is 1.56 bits per heavy atom. The maximum atomic E-state index is 10.6. The Morgan fingerprint density at radius 2 is 2.11 bits per heavy atom. The molecule has 0 radical (unpaired) electrons. The first-order valence-electron chi connectivity index (χ1n) is 3.03. The molecule has 0 aliphatic rings. The number of Topliss-reactive ketones (excluding diaryl/α,β-unsaturated/α-hetero) is 1. The van der Waals surface area contributed by atoms with Crippen LogP contribution in [0.4, 0.5) is 0 Å². The molecule has 0 unspecified atom stereocenters. The monoisotopic (exact) mass is 127 g/mol. The highest BCUT2D eigenvalue weighted by Gasteiger charge is 1.96. The van der Waals surface area contributed by atoms with Gasteiger partial charge in [0.05, 0.1) is 6.54 Å². The van der Waals surface area contributed by atoms with Gasteiger partial charge in [-0.1, -0.05) is 5.57 Å². The van der Waals surface area contributed by atoms with Gasteiger partial charge >= 0.3 is 0 Å². The van der Waals surface area contributed by atoms with Crippen molar-refractivity contribution in [3.63, 3.8) is 0 Å². The van der Waals surface area contributed by atoms with Gasteiger partial charge in [-0.15, -0.1) is 6.58 Å². The van der Waals surface area contributed by atoms with Gasteiger partial charge in [0.2, 0.25) is 0 Å². The number of hydrogen-bond acceptors (Lipinski definition) is 2. The second kappa shape index (κ2) is 4.27. The van der Waals surface area contributed by atoms with Gasteiger partial charge in [0.1, 0.15) is 5.78 Å². The van der Waals surface area contributed by atoms with E-state index < -0.39 is 0 Å². The summed E-state index contributed by atoms with van der Waals surface area (Å²) < 4.78 is 0. The summed E-state index contributed by atoms with van der Waals surface area (Å²) in [5.74, 6) is 0.109. The van der Waals surface area contributed by atoms with Crippen LogP contribution in [0.25, 0.3) is 0 Å². The van der Waals surface area contributed by atoms with Crippen molar-refractivity contribution in [2.45, 2.75) is 19.8 Å². The molecule has 0 aromatic rings. The number of carbonyl (C=O) groups excluding carboxylic acids is 1. The fraction of sp³-hybridized carbons (Fsp3) is 0.571. The first kappa shape index (κ1) is 8.37.